The number of esters is 1. The number of hydrogen-bond acceptors (Lipinski definition) is 6. The molecule has 1 atom stereocenters. The second kappa shape index (κ2) is 5.98. The summed E-state index contributed by atoms with van der Waals surface area (Å²) in [7, 11) is 0. The van der Waals surface area contributed by atoms with Crippen molar-refractivity contribution in [2.75, 3.05) is 6.61 Å². The molecule has 0 N–H and O–H groups in total. The predicted octanol–water partition coefficient (Wildman–Crippen LogP) is -1.73. The van der Waals surface area contributed by atoms with Gasteiger partial charge in [-0.2, -0.15) is 0 Å². The fraction of sp³-hybridized carbons (Fsp3) is 0.833. The van der Waals surface area contributed by atoms with Crippen LogP contribution in [0.2, 0.25) is 6.32 Å². The molecule has 0 amide bonds. The zero-order valence-corrected chi connectivity index (χ0v) is 16.1. The van der Waals surface area contributed by atoms with Gasteiger partial charge in [-0.25, -0.2) is 0 Å². The summed E-state index contributed by atoms with van der Waals surface area (Å²) >= 11 is 0. The van der Waals surface area contributed by atoms with Gasteiger partial charge in [0.2, 0.25) is 0 Å². The van der Waals surface area contributed by atoms with Gasteiger partial charge in [0.1, 0.15) is 5.92 Å². The van der Waals surface area contributed by atoms with Gasteiger partial charge in [-0.1, -0.05) is 6.32 Å². The molecule has 2 saturated heterocycles. The Kier molecular flexibility index (Phi) is 5.57. The predicted molar refractivity (Wildman–Crippen MR) is 67.1 cm³/mol. The van der Waals surface area contributed by atoms with Crippen LogP contribution < -0.4 is 51.4 Å². The summed E-state index contributed by atoms with van der Waals surface area (Å²) in [4.78, 5) is 23.5. The first-order chi connectivity index (χ1) is 8.62. The van der Waals surface area contributed by atoms with E-state index in [0.29, 0.717) is 0 Å². The third-order valence-electron chi connectivity index (χ3n) is 4.07. The maximum absolute atomic E-state index is 11.8. The first kappa shape index (κ1) is 18.6. The standard InChI is InChI=1S/C12H20BO6.K/c1-6-16-9(14)8-7-13(17-10(8)15)18-11(2,3)12(4,5)19-13;/h8H,6-7H2,1-5H3;/q-1;+1. The molecule has 108 valence electrons. The molecule has 0 radical (unpaired) electrons. The minimum atomic E-state index is -2.21. The molecule has 2 rings (SSSR count). The van der Waals surface area contributed by atoms with Gasteiger partial charge in [0.15, 0.2) is 0 Å². The van der Waals surface area contributed by atoms with Gasteiger partial charge < -0.3 is 18.7 Å². The molecular weight excluding hydrogens is 290 g/mol. The van der Waals surface area contributed by atoms with E-state index in [2.05, 4.69) is 0 Å². The van der Waals surface area contributed by atoms with Crippen LogP contribution in [0.3, 0.4) is 0 Å². The van der Waals surface area contributed by atoms with Crippen LogP contribution in [0.1, 0.15) is 34.6 Å². The van der Waals surface area contributed by atoms with E-state index in [-0.39, 0.29) is 64.3 Å². The van der Waals surface area contributed by atoms with Gasteiger partial charge in [-0.3, -0.25) is 9.59 Å². The molecular formula is C12H20BKO6. The van der Waals surface area contributed by atoms with E-state index < -0.39 is 35.8 Å². The van der Waals surface area contributed by atoms with Crippen molar-refractivity contribution in [3.63, 3.8) is 0 Å². The maximum Gasteiger partial charge on any atom is 1.00 e. The minimum absolute atomic E-state index is 0. The summed E-state index contributed by atoms with van der Waals surface area (Å²) in [6, 6.07) is 0. The van der Waals surface area contributed by atoms with Crippen molar-refractivity contribution >= 4 is 18.7 Å². The molecule has 2 aliphatic rings. The van der Waals surface area contributed by atoms with Crippen molar-refractivity contribution in [3.05, 3.63) is 0 Å². The number of carbonyl (C=O) groups is 2. The van der Waals surface area contributed by atoms with Crippen LogP contribution >= 0.6 is 0 Å². The van der Waals surface area contributed by atoms with Crippen molar-refractivity contribution in [1.82, 2.24) is 0 Å². The second-order valence-electron chi connectivity index (χ2n) is 6.02. The molecule has 6 nitrogen and oxygen atoms in total. The second-order valence-corrected chi connectivity index (χ2v) is 6.02. The Morgan fingerprint density at radius 1 is 1.30 bits per heavy atom. The zero-order chi connectivity index (χ0) is 14.5. The van der Waals surface area contributed by atoms with Gasteiger partial charge in [-0.05, 0) is 34.6 Å². The molecule has 0 aromatic carbocycles. The van der Waals surface area contributed by atoms with E-state index in [1.54, 1.807) is 6.92 Å². The summed E-state index contributed by atoms with van der Waals surface area (Å²) in [5.41, 5.74) is -1.20. The average Bonchev–Trinajstić information content (AvgIpc) is 2.61. The van der Waals surface area contributed by atoms with E-state index in [9.17, 15) is 9.59 Å². The van der Waals surface area contributed by atoms with Crippen LogP contribution in [-0.2, 0) is 28.3 Å². The summed E-state index contributed by atoms with van der Waals surface area (Å²) in [6.07, 6.45) is 0.0878. The average molecular weight is 310 g/mol. The number of hydrogen-bond donors (Lipinski definition) is 0. The molecule has 0 saturated carbocycles. The van der Waals surface area contributed by atoms with Gasteiger partial charge in [0.05, 0.1) is 6.61 Å². The largest absolute Gasteiger partial charge is 1.00 e. The smallest absolute Gasteiger partial charge is 0.643 e. The van der Waals surface area contributed by atoms with Crippen LogP contribution in [0.25, 0.3) is 0 Å². The van der Waals surface area contributed by atoms with E-state index in [4.69, 9.17) is 18.7 Å². The van der Waals surface area contributed by atoms with Crippen molar-refractivity contribution in [1.29, 1.82) is 0 Å². The van der Waals surface area contributed by atoms with Gasteiger partial charge in [-0.15, -0.1) is 0 Å². The molecule has 8 heteroatoms. The van der Waals surface area contributed by atoms with Crippen LogP contribution in [0.15, 0.2) is 0 Å². The summed E-state index contributed by atoms with van der Waals surface area (Å²) in [5, 5.41) is 0. The number of rotatable bonds is 2. The summed E-state index contributed by atoms with van der Waals surface area (Å²) < 4.78 is 21.8. The van der Waals surface area contributed by atoms with Crippen LogP contribution in [0, 0.1) is 5.92 Å². The zero-order valence-electron chi connectivity index (χ0n) is 13.0. The first-order valence-corrected chi connectivity index (χ1v) is 6.57. The van der Waals surface area contributed by atoms with Crippen molar-refractivity contribution in [2.45, 2.75) is 52.1 Å². The Morgan fingerprint density at radius 2 is 1.80 bits per heavy atom. The van der Waals surface area contributed by atoms with Gasteiger partial charge in [0, 0.05) is 11.2 Å². The molecule has 0 bridgehead atoms. The van der Waals surface area contributed by atoms with Crippen LogP contribution in [0.4, 0.5) is 0 Å². The summed E-state index contributed by atoms with van der Waals surface area (Å²) in [6.45, 7) is 7.18. The van der Waals surface area contributed by atoms with E-state index in [1.807, 2.05) is 27.7 Å². The van der Waals surface area contributed by atoms with E-state index in [0.717, 1.165) is 0 Å². The Labute approximate surface area is 161 Å². The quantitative estimate of drug-likeness (QED) is 0.343. The molecule has 0 aromatic rings. The minimum Gasteiger partial charge on any atom is -0.643 e. The van der Waals surface area contributed by atoms with E-state index in [1.165, 1.54) is 0 Å². The number of ether oxygens (including phenoxy) is 1. The molecule has 20 heavy (non-hydrogen) atoms. The molecule has 1 unspecified atom stereocenters. The normalized spacial score (nSPS) is 28.9. The fourth-order valence-corrected chi connectivity index (χ4v) is 2.48. The molecule has 2 heterocycles. The van der Waals surface area contributed by atoms with Crippen LogP contribution in [0.5, 0.6) is 0 Å². The SMILES string of the molecule is CCOC(=O)C1C[B-]2(OC1=O)OC(C)(C)C(C)(C)O2.[K+]. The van der Waals surface area contributed by atoms with Gasteiger partial charge in [0.25, 0.3) is 5.97 Å². The molecule has 0 aliphatic carbocycles. The monoisotopic (exact) mass is 310 g/mol. The Hall–Kier alpha value is 0.561. The topological polar surface area (TPSA) is 71.1 Å². The van der Waals surface area contributed by atoms with Crippen molar-refractivity contribution < 1.29 is 79.7 Å². The Morgan fingerprint density at radius 3 is 2.25 bits per heavy atom. The van der Waals surface area contributed by atoms with Crippen molar-refractivity contribution in [2.24, 2.45) is 5.92 Å². The molecule has 2 aliphatic heterocycles. The van der Waals surface area contributed by atoms with Crippen LogP contribution in [-0.4, -0.2) is 36.5 Å². The first-order valence-electron chi connectivity index (χ1n) is 6.57. The molecule has 1 spiro atoms. The fourth-order valence-electron chi connectivity index (χ4n) is 2.48. The van der Waals surface area contributed by atoms with E-state index >= 15 is 0 Å². The maximum atomic E-state index is 11.8. The molecule has 0 aromatic heterocycles. The Balaban J connectivity index is 0.00000200. The molecule has 2 fully saturated rings. The third-order valence-corrected chi connectivity index (χ3v) is 4.07. The number of carbonyl (C=O) groups excluding carboxylic acids is 2. The van der Waals surface area contributed by atoms with Gasteiger partial charge >= 0.3 is 64.1 Å². The van der Waals surface area contributed by atoms with Crippen molar-refractivity contribution in [3.8, 4) is 0 Å². The Bertz CT molecular complexity index is 406. The summed E-state index contributed by atoms with van der Waals surface area (Å²) in [5.74, 6) is -2.17. The third kappa shape index (κ3) is 3.16.